The van der Waals surface area contributed by atoms with Gasteiger partial charge in [-0.1, -0.05) is 0 Å². The van der Waals surface area contributed by atoms with Crippen molar-refractivity contribution < 1.29 is 14.3 Å². The molecular formula is C16H23N3O3. The highest BCUT2D eigenvalue weighted by Gasteiger charge is 2.33. The molecule has 1 N–H and O–H groups in total. The summed E-state index contributed by atoms with van der Waals surface area (Å²) in [6.07, 6.45) is 4.67. The first-order chi connectivity index (χ1) is 10.3. The molecule has 1 unspecified atom stereocenters. The number of carbonyl (C=O) groups excluding carboxylic acids is 2. The van der Waals surface area contributed by atoms with E-state index in [0.29, 0.717) is 12.1 Å². The number of nitrogens with zero attached hydrogens (tertiary/aromatic N) is 2. The highest BCUT2D eigenvalue weighted by Crippen LogP contribution is 2.33. The van der Waals surface area contributed by atoms with Crippen molar-refractivity contribution in [3.8, 4) is 0 Å². The van der Waals surface area contributed by atoms with Crippen molar-refractivity contribution in [3.63, 3.8) is 0 Å². The Hall–Kier alpha value is -2.11. The van der Waals surface area contributed by atoms with E-state index in [-0.39, 0.29) is 18.0 Å². The first kappa shape index (κ1) is 16.3. The topological polar surface area (TPSA) is 71.5 Å². The number of rotatable bonds is 2. The van der Waals surface area contributed by atoms with Crippen molar-refractivity contribution in [1.29, 1.82) is 0 Å². The molecule has 1 fully saturated rings. The largest absolute Gasteiger partial charge is 0.444 e. The van der Waals surface area contributed by atoms with Gasteiger partial charge in [-0.05, 0) is 45.2 Å². The maximum Gasteiger partial charge on any atom is 0.410 e. The first-order valence-electron chi connectivity index (χ1n) is 7.48. The van der Waals surface area contributed by atoms with Crippen molar-refractivity contribution in [2.45, 2.75) is 45.3 Å². The minimum Gasteiger partial charge on any atom is -0.444 e. The Morgan fingerprint density at radius 2 is 2.09 bits per heavy atom. The van der Waals surface area contributed by atoms with Gasteiger partial charge in [-0.3, -0.25) is 9.78 Å². The molecule has 1 aliphatic rings. The highest BCUT2D eigenvalue weighted by atomic mass is 16.6. The van der Waals surface area contributed by atoms with Crippen LogP contribution < -0.4 is 5.32 Å². The molecule has 0 aliphatic carbocycles. The van der Waals surface area contributed by atoms with Gasteiger partial charge in [0.25, 0.3) is 5.91 Å². The Kier molecular flexibility index (Phi) is 4.68. The third-order valence-corrected chi connectivity index (χ3v) is 3.51. The van der Waals surface area contributed by atoms with E-state index in [1.165, 1.54) is 6.20 Å². The fourth-order valence-corrected chi connectivity index (χ4v) is 2.56. The lowest BCUT2D eigenvalue weighted by molar-refractivity contribution is 0.0224. The fourth-order valence-electron chi connectivity index (χ4n) is 2.56. The molecule has 2 rings (SSSR count). The van der Waals surface area contributed by atoms with Crippen LogP contribution in [0.3, 0.4) is 0 Å². The number of carbonyl (C=O) groups is 2. The summed E-state index contributed by atoms with van der Waals surface area (Å²) >= 11 is 0. The first-order valence-corrected chi connectivity index (χ1v) is 7.48. The van der Waals surface area contributed by atoms with Gasteiger partial charge >= 0.3 is 6.09 Å². The van der Waals surface area contributed by atoms with E-state index in [2.05, 4.69) is 10.3 Å². The number of amides is 2. The van der Waals surface area contributed by atoms with Gasteiger partial charge in [0, 0.05) is 26.0 Å². The van der Waals surface area contributed by atoms with Gasteiger partial charge in [0.1, 0.15) is 5.60 Å². The molecule has 6 nitrogen and oxygen atoms in total. The zero-order chi connectivity index (χ0) is 16.3. The van der Waals surface area contributed by atoms with Gasteiger partial charge in [0.05, 0.1) is 11.6 Å². The molecule has 0 saturated carbocycles. The predicted molar refractivity (Wildman–Crippen MR) is 82.5 cm³/mol. The number of hydrogen-bond acceptors (Lipinski definition) is 4. The third kappa shape index (κ3) is 3.75. The predicted octanol–water partition coefficient (Wildman–Crippen LogP) is 2.51. The van der Waals surface area contributed by atoms with Gasteiger partial charge < -0.3 is 15.0 Å². The molecule has 1 aromatic heterocycles. The summed E-state index contributed by atoms with van der Waals surface area (Å²) in [6, 6.07) is 1.70. The molecule has 1 aliphatic heterocycles. The molecule has 1 atom stereocenters. The van der Waals surface area contributed by atoms with Crippen molar-refractivity contribution in [2.75, 3.05) is 13.6 Å². The highest BCUT2D eigenvalue weighted by molar-refractivity contribution is 5.93. The Balaban J connectivity index is 2.20. The number of ether oxygens (including phenoxy) is 1. The zero-order valence-electron chi connectivity index (χ0n) is 13.5. The molecule has 22 heavy (non-hydrogen) atoms. The van der Waals surface area contributed by atoms with E-state index >= 15 is 0 Å². The summed E-state index contributed by atoms with van der Waals surface area (Å²) < 4.78 is 5.46. The van der Waals surface area contributed by atoms with E-state index in [9.17, 15) is 9.59 Å². The zero-order valence-corrected chi connectivity index (χ0v) is 13.5. The molecule has 6 heteroatoms. The van der Waals surface area contributed by atoms with Crippen LogP contribution in [0.25, 0.3) is 0 Å². The minimum absolute atomic E-state index is 0.0908. The molecule has 0 spiro atoms. The van der Waals surface area contributed by atoms with Crippen LogP contribution in [0.4, 0.5) is 4.79 Å². The van der Waals surface area contributed by atoms with Crippen molar-refractivity contribution >= 4 is 12.0 Å². The average Bonchev–Trinajstić information content (AvgIpc) is 2.94. The monoisotopic (exact) mass is 305 g/mol. The molecule has 1 saturated heterocycles. The molecule has 2 amide bonds. The van der Waals surface area contributed by atoms with Crippen molar-refractivity contribution in [1.82, 2.24) is 15.2 Å². The Morgan fingerprint density at radius 1 is 1.36 bits per heavy atom. The van der Waals surface area contributed by atoms with Crippen LogP contribution >= 0.6 is 0 Å². The Morgan fingerprint density at radius 3 is 2.73 bits per heavy atom. The fraction of sp³-hybridized carbons (Fsp3) is 0.562. The van der Waals surface area contributed by atoms with Crippen LogP contribution in [0, 0.1) is 0 Å². The summed E-state index contributed by atoms with van der Waals surface area (Å²) in [4.78, 5) is 29.9. The molecule has 2 heterocycles. The second kappa shape index (κ2) is 6.34. The SMILES string of the molecule is CNC(=O)c1cncc(C2CCCN2C(=O)OC(C)(C)C)c1. The number of pyridine rings is 1. The van der Waals surface area contributed by atoms with Gasteiger partial charge in [0.2, 0.25) is 0 Å². The normalized spacial score (nSPS) is 18.2. The van der Waals surface area contributed by atoms with Crippen molar-refractivity contribution in [2.24, 2.45) is 0 Å². The quantitative estimate of drug-likeness (QED) is 0.911. The van der Waals surface area contributed by atoms with E-state index in [0.717, 1.165) is 18.4 Å². The van der Waals surface area contributed by atoms with Crippen LogP contribution in [-0.2, 0) is 4.74 Å². The third-order valence-electron chi connectivity index (χ3n) is 3.51. The van der Waals surface area contributed by atoms with Crippen LogP contribution in [0.15, 0.2) is 18.5 Å². The maximum absolute atomic E-state index is 12.3. The second-order valence-corrected chi connectivity index (χ2v) is 6.42. The summed E-state index contributed by atoms with van der Waals surface area (Å²) in [7, 11) is 1.58. The number of likely N-dealkylation sites (tertiary alicyclic amines) is 1. The lowest BCUT2D eigenvalue weighted by atomic mass is 10.0. The molecule has 0 radical (unpaired) electrons. The van der Waals surface area contributed by atoms with E-state index in [4.69, 9.17) is 4.74 Å². The maximum atomic E-state index is 12.3. The summed E-state index contributed by atoms with van der Waals surface area (Å²) in [5.41, 5.74) is 0.840. The standard InChI is InChI=1S/C16H23N3O3/c1-16(2,3)22-15(21)19-7-5-6-13(19)11-8-12(10-18-9-11)14(20)17-4/h8-10,13H,5-7H2,1-4H3,(H,17,20). The van der Waals surface area contributed by atoms with Gasteiger partial charge in [-0.25, -0.2) is 4.79 Å². The molecule has 0 aromatic carbocycles. The van der Waals surface area contributed by atoms with E-state index < -0.39 is 5.60 Å². The lowest BCUT2D eigenvalue weighted by Gasteiger charge is -2.28. The van der Waals surface area contributed by atoms with E-state index in [1.807, 2.05) is 20.8 Å². The number of nitrogens with one attached hydrogen (secondary N) is 1. The van der Waals surface area contributed by atoms with Crippen LogP contribution in [-0.4, -0.2) is 41.1 Å². The minimum atomic E-state index is -0.521. The van der Waals surface area contributed by atoms with Crippen LogP contribution in [0.1, 0.15) is 55.6 Å². The van der Waals surface area contributed by atoms with Crippen LogP contribution in [0.2, 0.25) is 0 Å². The summed E-state index contributed by atoms with van der Waals surface area (Å²) in [5, 5.41) is 2.58. The number of hydrogen-bond donors (Lipinski definition) is 1. The average molecular weight is 305 g/mol. The summed E-state index contributed by atoms with van der Waals surface area (Å²) in [5.74, 6) is -0.184. The second-order valence-electron chi connectivity index (χ2n) is 6.42. The van der Waals surface area contributed by atoms with Gasteiger partial charge in [-0.15, -0.1) is 0 Å². The van der Waals surface area contributed by atoms with Gasteiger partial charge in [0.15, 0.2) is 0 Å². The Labute approximate surface area is 130 Å². The smallest absolute Gasteiger partial charge is 0.410 e. The summed E-state index contributed by atoms with van der Waals surface area (Å²) in [6.45, 7) is 6.21. The lowest BCUT2D eigenvalue weighted by Crippen LogP contribution is -2.36. The molecular weight excluding hydrogens is 282 g/mol. The molecule has 1 aromatic rings. The Bertz CT molecular complexity index is 566. The van der Waals surface area contributed by atoms with Crippen molar-refractivity contribution in [3.05, 3.63) is 29.6 Å². The molecule has 120 valence electrons. The van der Waals surface area contributed by atoms with Crippen LogP contribution in [0.5, 0.6) is 0 Å². The van der Waals surface area contributed by atoms with E-state index in [1.54, 1.807) is 24.2 Å². The number of aromatic nitrogens is 1. The molecule has 0 bridgehead atoms. The van der Waals surface area contributed by atoms with Gasteiger partial charge in [-0.2, -0.15) is 0 Å².